The van der Waals surface area contributed by atoms with Gasteiger partial charge in [-0.2, -0.15) is 13.2 Å². The zero-order valence-corrected chi connectivity index (χ0v) is 11.2. The van der Waals surface area contributed by atoms with Crippen molar-refractivity contribution in [3.63, 3.8) is 0 Å². The molecule has 3 nitrogen and oxygen atoms in total. The van der Waals surface area contributed by atoms with Gasteiger partial charge in [-0.15, -0.1) is 0 Å². The molecule has 2 aromatic rings. The molecule has 1 fully saturated rings. The Morgan fingerprint density at radius 3 is 2.48 bits per heavy atom. The van der Waals surface area contributed by atoms with Crippen LogP contribution in [0.5, 0.6) is 0 Å². The SMILES string of the molecule is Cc1nc(-c2cc(F)cc(C(F)(F)F)c2)c(N)n1C1CC1. The van der Waals surface area contributed by atoms with Gasteiger partial charge in [0.25, 0.3) is 0 Å². The van der Waals surface area contributed by atoms with Crippen LogP contribution in [-0.4, -0.2) is 9.55 Å². The maximum atomic E-state index is 13.5. The van der Waals surface area contributed by atoms with Crippen LogP contribution in [0.2, 0.25) is 0 Å². The minimum absolute atomic E-state index is 0.0438. The number of halogens is 4. The van der Waals surface area contributed by atoms with Gasteiger partial charge in [-0.1, -0.05) is 0 Å². The summed E-state index contributed by atoms with van der Waals surface area (Å²) in [5.74, 6) is -0.0469. The van der Waals surface area contributed by atoms with Crippen molar-refractivity contribution in [1.29, 1.82) is 0 Å². The predicted molar refractivity (Wildman–Crippen MR) is 70.0 cm³/mol. The third-order valence-electron chi connectivity index (χ3n) is 3.53. The van der Waals surface area contributed by atoms with Crippen LogP contribution < -0.4 is 5.73 Å². The average molecular weight is 299 g/mol. The van der Waals surface area contributed by atoms with E-state index in [9.17, 15) is 17.6 Å². The van der Waals surface area contributed by atoms with Crippen LogP contribution in [0.15, 0.2) is 18.2 Å². The second-order valence-corrected chi connectivity index (χ2v) is 5.22. The first-order valence-corrected chi connectivity index (χ1v) is 6.50. The normalized spacial score (nSPS) is 15.5. The Bertz CT molecular complexity index is 699. The molecule has 0 atom stereocenters. The molecule has 1 aromatic heterocycles. The molecule has 3 rings (SSSR count). The number of hydrogen-bond acceptors (Lipinski definition) is 2. The van der Waals surface area contributed by atoms with E-state index in [-0.39, 0.29) is 23.1 Å². The van der Waals surface area contributed by atoms with Gasteiger partial charge in [0.15, 0.2) is 0 Å². The average Bonchev–Trinajstić information content (AvgIpc) is 3.14. The van der Waals surface area contributed by atoms with E-state index in [1.165, 1.54) is 0 Å². The van der Waals surface area contributed by atoms with Gasteiger partial charge in [0.05, 0.1) is 5.56 Å². The van der Waals surface area contributed by atoms with Crippen molar-refractivity contribution in [2.45, 2.75) is 32.0 Å². The summed E-state index contributed by atoms with van der Waals surface area (Å²) in [6, 6.07) is 2.61. The van der Waals surface area contributed by atoms with E-state index in [0.717, 1.165) is 25.0 Å². The summed E-state index contributed by atoms with van der Waals surface area (Å²) in [6.45, 7) is 1.74. The van der Waals surface area contributed by atoms with Crippen LogP contribution in [0.1, 0.15) is 30.3 Å². The third kappa shape index (κ3) is 2.48. The number of nitrogens with two attached hydrogens (primary N) is 1. The van der Waals surface area contributed by atoms with Crippen molar-refractivity contribution in [2.75, 3.05) is 5.73 Å². The first-order chi connectivity index (χ1) is 9.77. The summed E-state index contributed by atoms with van der Waals surface area (Å²) < 4.78 is 53.6. The maximum Gasteiger partial charge on any atom is 0.416 e. The fraction of sp³-hybridized carbons (Fsp3) is 0.357. The van der Waals surface area contributed by atoms with Gasteiger partial charge in [-0.05, 0) is 38.0 Å². The fourth-order valence-electron chi connectivity index (χ4n) is 2.46. The molecule has 1 aliphatic carbocycles. The minimum Gasteiger partial charge on any atom is -0.383 e. The van der Waals surface area contributed by atoms with Crippen LogP contribution in [-0.2, 0) is 6.18 Å². The number of rotatable bonds is 2. The number of nitrogens with zero attached hydrogens (tertiary/aromatic N) is 2. The number of aromatic nitrogens is 2. The number of aryl methyl sites for hydroxylation is 1. The molecule has 1 heterocycles. The summed E-state index contributed by atoms with van der Waals surface area (Å²) in [7, 11) is 0. The summed E-state index contributed by atoms with van der Waals surface area (Å²) in [4.78, 5) is 4.21. The highest BCUT2D eigenvalue weighted by atomic mass is 19.4. The number of hydrogen-bond donors (Lipinski definition) is 1. The van der Waals surface area contributed by atoms with Crippen LogP contribution in [0.4, 0.5) is 23.4 Å². The van der Waals surface area contributed by atoms with Crippen molar-refractivity contribution in [1.82, 2.24) is 9.55 Å². The first kappa shape index (κ1) is 13.9. The molecule has 1 aromatic carbocycles. The van der Waals surface area contributed by atoms with E-state index < -0.39 is 17.6 Å². The lowest BCUT2D eigenvalue weighted by atomic mass is 10.1. The van der Waals surface area contributed by atoms with Gasteiger partial charge in [-0.3, -0.25) is 0 Å². The third-order valence-corrected chi connectivity index (χ3v) is 3.53. The highest BCUT2D eigenvalue weighted by Crippen LogP contribution is 2.41. The zero-order valence-electron chi connectivity index (χ0n) is 11.2. The molecule has 112 valence electrons. The lowest BCUT2D eigenvalue weighted by Crippen LogP contribution is -2.06. The number of anilines is 1. The Labute approximate surface area is 118 Å². The summed E-state index contributed by atoms with van der Waals surface area (Å²) in [5.41, 5.74) is 5.18. The van der Waals surface area contributed by atoms with Crippen molar-refractivity contribution in [2.24, 2.45) is 0 Å². The van der Waals surface area contributed by atoms with Crippen molar-refractivity contribution < 1.29 is 17.6 Å². The lowest BCUT2D eigenvalue weighted by molar-refractivity contribution is -0.137. The summed E-state index contributed by atoms with van der Waals surface area (Å²) in [5, 5.41) is 0. The predicted octanol–water partition coefficient (Wildman–Crippen LogP) is 3.93. The van der Waals surface area contributed by atoms with Gasteiger partial charge >= 0.3 is 6.18 Å². The molecule has 2 N–H and O–H groups in total. The quantitative estimate of drug-likeness (QED) is 0.854. The van der Waals surface area contributed by atoms with Crippen LogP contribution in [0, 0.1) is 12.7 Å². The van der Waals surface area contributed by atoms with Crippen LogP contribution >= 0.6 is 0 Å². The lowest BCUT2D eigenvalue weighted by Gasteiger charge is -2.09. The highest BCUT2D eigenvalue weighted by Gasteiger charge is 2.33. The maximum absolute atomic E-state index is 13.5. The summed E-state index contributed by atoms with van der Waals surface area (Å²) in [6.07, 6.45) is -2.67. The fourth-order valence-corrected chi connectivity index (χ4v) is 2.46. The Kier molecular flexibility index (Phi) is 2.96. The molecule has 0 spiro atoms. The molecule has 0 saturated heterocycles. The number of benzene rings is 1. The molecule has 0 aliphatic heterocycles. The number of alkyl halides is 3. The van der Waals surface area contributed by atoms with Gasteiger partial charge in [-0.25, -0.2) is 9.37 Å². The Hall–Kier alpha value is -2.05. The molecule has 0 bridgehead atoms. The van der Waals surface area contributed by atoms with Gasteiger partial charge in [0.1, 0.15) is 23.2 Å². The Morgan fingerprint density at radius 1 is 1.24 bits per heavy atom. The second kappa shape index (κ2) is 4.47. The van der Waals surface area contributed by atoms with E-state index in [2.05, 4.69) is 4.98 Å². The highest BCUT2D eigenvalue weighted by molar-refractivity contribution is 5.72. The van der Waals surface area contributed by atoms with Crippen molar-refractivity contribution in [3.8, 4) is 11.3 Å². The summed E-state index contributed by atoms with van der Waals surface area (Å²) >= 11 is 0. The smallest absolute Gasteiger partial charge is 0.383 e. The van der Waals surface area contributed by atoms with Crippen LogP contribution in [0.3, 0.4) is 0 Å². The minimum atomic E-state index is -4.61. The Balaban J connectivity index is 2.13. The molecule has 1 aliphatic rings. The molecule has 1 saturated carbocycles. The first-order valence-electron chi connectivity index (χ1n) is 6.50. The van der Waals surface area contributed by atoms with Crippen LogP contribution in [0.25, 0.3) is 11.3 Å². The molecule has 7 heteroatoms. The van der Waals surface area contributed by atoms with E-state index >= 15 is 0 Å². The monoisotopic (exact) mass is 299 g/mol. The molecule has 0 unspecified atom stereocenters. The largest absolute Gasteiger partial charge is 0.416 e. The standard InChI is InChI=1S/C14H13F4N3/c1-7-20-12(13(19)21(7)11-2-3-11)8-4-9(14(16,17)18)6-10(15)5-8/h4-6,11H,2-3,19H2,1H3. The molecule has 0 amide bonds. The second-order valence-electron chi connectivity index (χ2n) is 5.22. The molecular formula is C14H13F4N3. The van der Waals surface area contributed by atoms with Crippen molar-refractivity contribution >= 4 is 5.82 Å². The van der Waals surface area contributed by atoms with Gasteiger partial charge < -0.3 is 10.3 Å². The van der Waals surface area contributed by atoms with E-state index in [1.807, 2.05) is 0 Å². The van der Waals surface area contributed by atoms with Crippen molar-refractivity contribution in [3.05, 3.63) is 35.4 Å². The number of imidazole rings is 1. The van der Waals surface area contributed by atoms with Gasteiger partial charge in [0, 0.05) is 11.6 Å². The topological polar surface area (TPSA) is 43.8 Å². The number of nitrogen functional groups attached to an aromatic ring is 1. The molecule has 21 heavy (non-hydrogen) atoms. The van der Waals surface area contributed by atoms with Gasteiger partial charge in [0.2, 0.25) is 0 Å². The zero-order chi connectivity index (χ0) is 15.4. The van der Waals surface area contributed by atoms with E-state index in [4.69, 9.17) is 5.73 Å². The molecular weight excluding hydrogens is 286 g/mol. The Morgan fingerprint density at radius 2 is 1.90 bits per heavy atom. The molecule has 0 radical (unpaired) electrons. The van der Waals surface area contributed by atoms with E-state index in [0.29, 0.717) is 11.9 Å². The van der Waals surface area contributed by atoms with E-state index in [1.54, 1.807) is 11.5 Å².